The van der Waals surface area contributed by atoms with Crippen LogP contribution >= 0.6 is 11.8 Å². The van der Waals surface area contributed by atoms with Crippen molar-refractivity contribution in [3.8, 4) is 0 Å². The Labute approximate surface area is 176 Å². The van der Waals surface area contributed by atoms with Gasteiger partial charge in [0.2, 0.25) is 5.12 Å². The minimum atomic E-state index is -0.500. The minimum Gasteiger partial charge on any atom is -0.486 e. The fourth-order valence-corrected chi connectivity index (χ4v) is 4.13. The molecule has 1 aliphatic rings. The first-order valence-corrected chi connectivity index (χ1v) is 10.8. The summed E-state index contributed by atoms with van der Waals surface area (Å²) in [6.07, 6.45) is 12.3. The van der Waals surface area contributed by atoms with Crippen LogP contribution < -0.4 is 10.9 Å². The van der Waals surface area contributed by atoms with Gasteiger partial charge in [0.1, 0.15) is 5.76 Å². The standard InChI is InChI=1S/C21H29N3O4S/c1-3-4-5-6-7-8-11-21(2)17(14-19(26)29-21)28-15-18(25)23-24-20(27)16-9-12-22-13-10-16/h9-10,12-14H,3-8,11,15H2,1-2H3,(H,23,25)(H,24,27). The summed E-state index contributed by atoms with van der Waals surface area (Å²) in [6, 6.07) is 3.08. The van der Waals surface area contributed by atoms with Gasteiger partial charge in [0.15, 0.2) is 6.61 Å². The number of hydrogen-bond acceptors (Lipinski definition) is 6. The van der Waals surface area contributed by atoms with Gasteiger partial charge < -0.3 is 4.74 Å². The van der Waals surface area contributed by atoms with Crippen LogP contribution in [0.4, 0.5) is 0 Å². The van der Waals surface area contributed by atoms with Crippen molar-refractivity contribution in [1.82, 2.24) is 15.8 Å². The summed E-state index contributed by atoms with van der Waals surface area (Å²) in [6.45, 7) is 3.89. The van der Waals surface area contributed by atoms with Gasteiger partial charge in [-0.1, -0.05) is 57.2 Å². The average molecular weight is 420 g/mol. The number of thioether (sulfide) groups is 1. The number of carbonyl (C=O) groups is 3. The molecule has 2 N–H and O–H groups in total. The van der Waals surface area contributed by atoms with E-state index in [4.69, 9.17) is 4.74 Å². The van der Waals surface area contributed by atoms with E-state index >= 15 is 0 Å². The maximum Gasteiger partial charge on any atom is 0.276 e. The van der Waals surface area contributed by atoms with E-state index in [0.717, 1.165) is 19.3 Å². The first-order valence-electron chi connectivity index (χ1n) is 10.0. The van der Waals surface area contributed by atoms with Gasteiger partial charge in [0.05, 0.1) is 4.75 Å². The molecule has 29 heavy (non-hydrogen) atoms. The Morgan fingerprint density at radius 3 is 2.52 bits per heavy atom. The van der Waals surface area contributed by atoms with Crippen LogP contribution in [0.25, 0.3) is 0 Å². The Bertz CT molecular complexity index is 739. The van der Waals surface area contributed by atoms with Crippen LogP contribution in [0.2, 0.25) is 0 Å². The summed E-state index contributed by atoms with van der Waals surface area (Å²) >= 11 is 1.25. The Morgan fingerprint density at radius 2 is 1.79 bits per heavy atom. The number of unbranched alkanes of at least 4 members (excludes halogenated alkanes) is 5. The van der Waals surface area contributed by atoms with Gasteiger partial charge in [-0.15, -0.1) is 0 Å². The molecule has 0 aromatic carbocycles. The van der Waals surface area contributed by atoms with E-state index in [2.05, 4.69) is 22.8 Å². The molecule has 0 fully saturated rings. The van der Waals surface area contributed by atoms with E-state index < -0.39 is 16.6 Å². The van der Waals surface area contributed by atoms with Crippen molar-refractivity contribution >= 4 is 28.7 Å². The van der Waals surface area contributed by atoms with Crippen LogP contribution in [0.3, 0.4) is 0 Å². The molecular weight excluding hydrogens is 390 g/mol. The lowest BCUT2D eigenvalue weighted by atomic mass is 9.99. The van der Waals surface area contributed by atoms with E-state index in [1.165, 1.54) is 68.0 Å². The molecule has 0 aliphatic carbocycles. The molecular formula is C21H29N3O4S. The normalized spacial score (nSPS) is 18.3. The molecule has 7 nitrogen and oxygen atoms in total. The lowest BCUT2D eigenvalue weighted by Gasteiger charge is -2.26. The minimum absolute atomic E-state index is 0.0557. The maximum atomic E-state index is 12.0. The number of nitrogens with zero attached hydrogens (tertiary/aromatic N) is 1. The molecule has 0 bridgehead atoms. The molecule has 0 saturated heterocycles. The number of rotatable bonds is 11. The Kier molecular flexibility index (Phi) is 9.18. The van der Waals surface area contributed by atoms with Crippen molar-refractivity contribution in [2.24, 2.45) is 0 Å². The average Bonchev–Trinajstić information content (AvgIpc) is 3.01. The number of ether oxygens (including phenoxy) is 1. The third-order valence-corrected chi connectivity index (χ3v) is 5.90. The zero-order valence-electron chi connectivity index (χ0n) is 17.0. The van der Waals surface area contributed by atoms with E-state index in [9.17, 15) is 14.4 Å². The summed E-state index contributed by atoms with van der Waals surface area (Å²) in [5, 5.41) is -0.0557. The summed E-state index contributed by atoms with van der Waals surface area (Å²) in [7, 11) is 0. The van der Waals surface area contributed by atoms with E-state index in [-0.39, 0.29) is 11.7 Å². The highest BCUT2D eigenvalue weighted by Crippen LogP contribution is 2.43. The summed E-state index contributed by atoms with van der Waals surface area (Å²) in [5.41, 5.74) is 5.02. The monoisotopic (exact) mass is 419 g/mol. The first-order chi connectivity index (χ1) is 13.9. The molecule has 2 rings (SSSR count). The number of amides is 2. The molecule has 0 saturated carbocycles. The summed E-state index contributed by atoms with van der Waals surface area (Å²) < 4.78 is 5.19. The third-order valence-electron chi connectivity index (χ3n) is 4.72. The number of aromatic nitrogens is 1. The Morgan fingerprint density at radius 1 is 1.10 bits per heavy atom. The predicted molar refractivity (Wildman–Crippen MR) is 113 cm³/mol. The largest absolute Gasteiger partial charge is 0.486 e. The SMILES string of the molecule is CCCCCCCCC1(C)SC(=O)C=C1OCC(=O)NNC(=O)c1ccncc1. The van der Waals surface area contributed by atoms with Gasteiger partial charge >= 0.3 is 0 Å². The van der Waals surface area contributed by atoms with Gasteiger partial charge in [0, 0.05) is 24.0 Å². The number of carbonyl (C=O) groups excluding carboxylic acids is 3. The molecule has 1 aromatic heterocycles. The lowest BCUT2D eigenvalue weighted by molar-refractivity contribution is -0.125. The van der Waals surface area contributed by atoms with Crippen LogP contribution in [-0.4, -0.2) is 33.3 Å². The highest BCUT2D eigenvalue weighted by Gasteiger charge is 2.39. The first kappa shape index (κ1) is 22.9. The molecule has 0 radical (unpaired) electrons. The quantitative estimate of drug-likeness (QED) is 0.421. The lowest BCUT2D eigenvalue weighted by Crippen LogP contribution is -2.43. The maximum absolute atomic E-state index is 12.0. The topological polar surface area (TPSA) is 97.4 Å². The van der Waals surface area contributed by atoms with Gasteiger partial charge in [-0.05, 0) is 25.5 Å². The zero-order valence-corrected chi connectivity index (χ0v) is 17.8. The van der Waals surface area contributed by atoms with Crippen LogP contribution in [0, 0.1) is 0 Å². The molecule has 1 aliphatic heterocycles. The van der Waals surface area contributed by atoms with Crippen molar-refractivity contribution in [2.75, 3.05) is 6.61 Å². The summed E-state index contributed by atoms with van der Waals surface area (Å²) in [4.78, 5) is 39.7. The smallest absolute Gasteiger partial charge is 0.276 e. The highest BCUT2D eigenvalue weighted by molar-refractivity contribution is 8.15. The molecule has 2 amide bonds. The molecule has 0 spiro atoms. The van der Waals surface area contributed by atoms with Gasteiger partial charge in [0.25, 0.3) is 11.8 Å². The third kappa shape index (κ3) is 7.53. The molecule has 8 heteroatoms. The van der Waals surface area contributed by atoms with Crippen molar-refractivity contribution in [1.29, 1.82) is 0 Å². The number of pyridine rings is 1. The molecule has 2 heterocycles. The van der Waals surface area contributed by atoms with Crippen LogP contribution in [0.15, 0.2) is 36.4 Å². The van der Waals surface area contributed by atoms with Gasteiger partial charge in [-0.2, -0.15) is 0 Å². The predicted octanol–water partition coefficient (Wildman–Crippen LogP) is 3.53. The van der Waals surface area contributed by atoms with Gasteiger partial charge in [-0.3, -0.25) is 30.2 Å². The van der Waals surface area contributed by atoms with Crippen LogP contribution in [0.1, 0.15) is 69.2 Å². The molecule has 158 valence electrons. The highest BCUT2D eigenvalue weighted by atomic mass is 32.2. The molecule has 1 unspecified atom stereocenters. The van der Waals surface area contributed by atoms with E-state index in [0.29, 0.717) is 11.3 Å². The Hall–Kier alpha value is -2.35. The Balaban J connectivity index is 1.75. The second-order valence-electron chi connectivity index (χ2n) is 7.21. The van der Waals surface area contributed by atoms with Crippen LogP contribution in [-0.2, 0) is 14.3 Å². The fraction of sp³-hybridized carbons (Fsp3) is 0.524. The van der Waals surface area contributed by atoms with E-state index in [1.54, 1.807) is 0 Å². The molecule has 1 aromatic rings. The molecule has 1 atom stereocenters. The van der Waals surface area contributed by atoms with Crippen molar-refractivity contribution in [3.63, 3.8) is 0 Å². The number of hydrazine groups is 1. The van der Waals surface area contributed by atoms with Crippen molar-refractivity contribution in [2.45, 2.75) is 63.5 Å². The zero-order chi connectivity index (χ0) is 21.1. The second kappa shape index (κ2) is 11.6. The van der Waals surface area contributed by atoms with Crippen molar-refractivity contribution < 1.29 is 19.1 Å². The number of hydrogen-bond donors (Lipinski definition) is 2. The van der Waals surface area contributed by atoms with Crippen LogP contribution in [0.5, 0.6) is 0 Å². The summed E-state index contributed by atoms with van der Waals surface area (Å²) in [5.74, 6) is -0.421. The number of nitrogens with one attached hydrogen (secondary N) is 2. The van der Waals surface area contributed by atoms with Gasteiger partial charge in [-0.25, -0.2) is 0 Å². The fourth-order valence-electron chi connectivity index (χ4n) is 3.05. The second-order valence-corrected chi connectivity index (χ2v) is 8.71. The van der Waals surface area contributed by atoms with Crippen molar-refractivity contribution in [3.05, 3.63) is 41.9 Å². The van der Waals surface area contributed by atoms with E-state index in [1.807, 2.05) is 6.92 Å².